The average Bonchev–Trinajstić information content (AvgIpc) is 2.97. The third-order valence-corrected chi connectivity index (χ3v) is 4.02. The predicted molar refractivity (Wildman–Crippen MR) is 68.1 cm³/mol. The molecule has 98 valence electrons. The summed E-state index contributed by atoms with van der Waals surface area (Å²) in [7, 11) is 0. The first-order valence-electron chi connectivity index (χ1n) is 6.87. The first-order valence-corrected chi connectivity index (χ1v) is 6.87. The molecule has 0 radical (unpaired) electrons. The maximum absolute atomic E-state index is 11.9. The van der Waals surface area contributed by atoms with Gasteiger partial charge in [-0.25, -0.2) is 0 Å². The smallest absolute Gasteiger partial charge is 0.220 e. The maximum atomic E-state index is 11.9. The zero-order chi connectivity index (χ0) is 12.4. The van der Waals surface area contributed by atoms with Crippen LogP contribution in [0.2, 0.25) is 0 Å². The molecular formula is C14H20N2O2. The number of piperidine rings is 1. The Morgan fingerprint density at radius 1 is 1.39 bits per heavy atom. The van der Waals surface area contributed by atoms with Gasteiger partial charge in [-0.15, -0.1) is 0 Å². The van der Waals surface area contributed by atoms with E-state index in [4.69, 9.17) is 4.42 Å². The number of nitrogens with one attached hydrogen (secondary N) is 2. The normalized spacial score (nSPS) is 30.3. The zero-order valence-corrected chi connectivity index (χ0v) is 10.5. The van der Waals surface area contributed by atoms with Gasteiger partial charge in [-0.2, -0.15) is 0 Å². The van der Waals surface area contributed by atoms with E-state index in [0.717, 1.165) is 18.6 Å². The molecule has 0 spiro atoms. The Morgan fingerprint density at radius 3 is 2.83 bits per heavy atom. The van der Waals surface area contributed by atoms with Gasteiger partial charge in [0.25, 0.3) is 0 Å². The SMILES string of the molecule is O=C(CCc1ccco1)NC1CC2CCC(C1)N2. The number of carbonyl (C=O) groups is 1. The summed E-state index contributed by atoms with van der Waals surface area (Å²) in [6, 6.07) is 5.39. The Morgan fingerprint density at radius 2 is 2.17 bits per heavy atom. The molecule has 1 aromatic heterocycles. The minimum absolute atomic E-state index is 0.151. The number of hydrogen-bond acceptors (Lipinski definition) is 3. The zero-order valence-electron chi connectivity index (χ0n) is 10.5. The van der Waals surface area contributed by atoms with Crippen molar-refractivity contribution in [1.82, 2.24) is 10.6 Å². The molecule has 3 heterocycles. The molecule has 2 unspecified atom stereocenters. The number of carbonyl (C=O) groups excluding carboxylic acids is 1. The van der Waals surface area contributed by atoms with Gasteiger partial charge in [-0.3, -0.25) is 4.79 Å². The molecule has 18 heavy (non-hydrogen) atoms. The molecular weight excluding hydrogens is 228 g/mol. The van der Waals surface area contributed by atoms with Crippen LogP contribution in [0.25, 0.3) is 0 Å². The van der Waals surface area contributed by atoms with Crippen molar-refractivity contribution in [2.45, 2.75) is 56.7 Å². The number of fused-ring (bicyclic) bond motifs is 2. The highest BCUT2D eigenvalue weighted by molar-refractivity contribution is 5.76. The maximum Gasteiger partial charge on any atom is 0.220 e. The Hall–Kier alpha value is -1.29. The lowest BCUT2D eigenvalue weighted by atomic mass is 9.99. The molecule has 2 fully saturated rings. The number of aryl methyl sites for hydroxylation is 1. The predicted octanol–water partition coefficient (Wildman–Crippen LogP) is 1.61. The van der Waals surface area contributed by atoms with E-state index in [-0.39, 0.29) is 5.91 Å². The van der Waals surface area contributed by atoms with Gasteiger partial charge in [0.1, 0.15) is 5.76 Å². The summed E-state index contributed by atoms with van der Waals surface area (Å²) in [5.74, 6) is 1.04. The van der Waals surface area contributed by atoms with Crippen molar-refractivity contribution in [1.29, 1.82) is 0 Å². The number of amides is 1. The summed E-state index contributed by atoms with van der Waals surface area (Å²) in [6.07, 6.45) is 7.57. The van der Waals surface area contributed by atoms with E-state index in [1.165, 1.54) is 12.8 Å². The molecule has 0 saturated carbocycles. The van der Waals surface area contributed by atoms with Gasteiger partial charge >= 0.3 is 0 Å². The summed E-state index contributed by atoms with van der Waals surface area (Å²) >= 11 is 0. The van der Waals surface area contributed by atoms with Gasteiger partial charge in [0.05, 0.1) is 6.26 Å². The molecule has 4 nitrogen and oxygen atoms in total. The first-order chi connectivity index (χ1) is 8.79. The van der Waals surface area contributed by atoms with Crippen molar-refractivity contribution in [3.63, 3.8) is 0 Å². The van der Waals surface area contributed by atoms with Gasteiger partial charge in [0, 0.05) is 31.0 Å². The number of furan rings is 1. The summed E-state index contributed by atoms with van der Waals surface area (Å²) in [5.41, 5.74) is 0. The van der Waals surface area contributed by atoms with Gasteiger partial charge < -0.3 is 15.1 Å². The van der Waals surface area contributed by atoms with Gasteiger partial charge in [0.15, 0.2) is 0 Å². The molecule has 2 aliphatic heterocycles. The van der Waals surface area contributed by atoms with Gasteiger partial charge in [-0.1, -0.05) is 0 Å². The molecule has 1 aromatic rings. The van der Waals surface area contributed by atoms with Crippen LogP contribution in [0.3, 0.4) is 0 Å². The highest BCUT2D eigenvalue weighted by atomic mass is 16.3. The second-order valence-electron chi connectivity index (χ2n) is 5.45. The Bertz CT molecular complexity index is 390. The minimum Gasteiger partial charge on any atom is -0.469 e. The molecule has 2 atom stereocenters. The highest BCUT2D eigenvalue weighted by Gasteiger charge is 2.33. The lowest BCUT2D eigenvalue weighted by Crippen LogP contribution is -2.48. The van der Waals surface area contributed by atoms with Crippen molar-refractivity contribution in [3.05, 3.63) is 24.2 Å². The van der Waals surface area contributed by atoms with E-state index in [0.29, 0.717) is 31.0 Å². The molecule has 0 aliphatic carbocycles. The van der Waals surface area contributed by atoms with Crippen molar-refractivity contribution < 1.29 is 9.21 Å². The van der Waals surface area contributed by atoms with E-state index in [1.807, 2.05) is 12.1 Å². The monoisotopic (exact) mass is 248 g/mol. The van der Waals surface area contributed by atoms with Crippen LogP contribution < -0.4 is 10.6 Å². The summed E-state index contributed by atoms with van der Waals surface area (Å²) in [4.78, 5) is 11.9. The quantitative estimate of drug-likeness (QED) is 0.851. The lowest BCUT2D eigenvalue weighted by Gasteiger charge is -2.29. The standard InChI is InChI=1S/C14H20N2O2/c17-14(6-5-13-2-1-7-18-13)16-12-8-10-3-4-11(9-12)15-10/h1-2,7,10-12,15H,3-6,8-9H2,(H,16,17). The van der Waals surface area contributed by atoms with Crippen LogP contribution in [0, 0.1) is 0 Å². The van der Waals surface area contributed by atoms with E-state index >= 15 is 0 Å². The second kappa shape index (κ2) is 5.14. The van der Waals surface area contributed by atoms with Crippen LogP contribution in [0.5, 0.6) is 0 Å². The number of rotatable bonds is 4. The van der Waals surface area contributed by atoms with E-state index in [2.05, 4.69) is 10.6 Å². The van der Waals surface area contributed by atoms with E-state index in [1.54, 1.807) is 6.26 Å². The fourth-order valence-electron chi connectivity index (χ4n) is 3.17. The van der Waals surface area contributed by atoms with E-state index in [9.17, 15) is 4.79 Å². The van der Waals surface area contributed by atoms with Gasteiger partial charge in [-0.05, 0) is 37.8 Å². The van der Waals surface area contributed by atoms with Crippen LogP contribution in [0.1, 0.15) is 37.9 Å². The Balaban J connectivity index is 1.43. The molecule has 2 saturated heterocycles. The molecule has 4 heteroatoms. The molecule has 2 aliphatic rings. The summed E-state index contributed by atoms with van der Waals surface area (Å²) in [6.45, 7) is 0. The fourth-order valence-corrected chi connectivity index (χ4v) is 3.17. The van der Waals surface area contributed by atoms with Gasteiger partial charge in [0.2, 0.25) is 5.91 Å². The molecule has 1 amide bonds. The molecule has 3 rings (SSSR count). The van der Waals surface area contributed by atoms with E-state index < -0.39 is 0 Å². The Kier molecular flexibility index (Phi) is 3.37. The molecule has 2 bridgehead atoms. The van der Waals surface area contributed by atoms with Crippen LogP contribution in [-0.2, 0) is 11.2 Å². The van der Waals surface area contributed by atoms with Crippen molar-refractivity contribution in [2.75, 3.05) is 0 Å². The largest absolute Gasteiger partial charge is 0.469 e. The minimum atomic E-state index is 0.151. The molecule has 0 aromatic carbocycles. The van der Waals surface area contributed by atoms with Crippen molar-refractivity contribution in [3.8, 4) is 0 Å². The summed E-state index contributed by atoms with van der Waals surface area (Å²) in [5, 5.41) is 6.74. The van der Waals surface area contributed by atoms with Crippen LogP contribution in [-0.4, -0.2) is 24.0 Å². The van der Waals surface area contributed by atoms with Crippen LogP contribution in [0.4, 0.5) is 0 Å². The second-order valence-corrected chi connectivity index (χ2v) is 5.45. The summed E-state index contributed by atoms with van der Waals surface area (Å²) < 4.78 is 5.23. The highest BCUT2D eigenvalue weighted by Crippen LogP contribution is 2.26. The molecule has 2 N–H and O–H groups in total. The Labute approximate surface area is 107 Å². The van der Waals surface area contributed by atoms with Crippen LogP contribution >= 0.6 is 0 Å². The van der Waals surface area contributed by atoms with Crippen LogP contribution in [0.15, 0.2) is 22.8 Å². The van der Waals surface area contributed by atoms with Crippen molar-refractivity contribution in [2.24, 2.45) is 0 Å². The third-order valence-electron chi connectivity index (χ3n) is 4.02. The fraction of sp³-hybridized carbons (Fsp3) is 0.643. The number of hydrogen-bond donors (Lipinski definition) is 2. The first kappa shape index (κ1) is 11.8. The lowest BCUT2D eigenvalue weighted by molar-refractivity contribution is -0.122. The van der Waals surface area contributed by atoms with Crippen molar-refractivity contribution >= 4 is 5.91 Å². The topological polar surface area (TPSA) is 54.3 Å². The average molecular weight is 248 g/mol. The third kappa shape index (κ3) is 2.75.